The van der Waals surface area contributed by atoms with Crippen LogP contribution in [0.3, 0.4) is 0 Å². The van der Waals surface area contributed by atoms with E-state index in [9.17, 15) is 19.2 Å². The van der Waals surface area contributed by atoms with Gasteiger partial charge in [-0.1, -0.05) is 13.8 Å². The van der Waals surface area contributed by atoms with Gasteiger partial charge in [0.1, 0.15) is 17.9 Å². The molecule has 3 N–H and O–H groups in total. The predicted molar refractivity (Wildman–Crippen MR) is 146 cm³/mol. The van der Waals surface area contributed by atoms with Crippen molar-refractivity contribution in [3.8, 4) is 22.9 Å². The van der Waals surface area contributed by atoms with Crippen molar-refractivity contribution in [1.29, 1.82) is 0 Å². The van der Waals surface area contributed by atoms with E-state index in [4.69, 9.17) is 9.47 Å². The topological polar surface area (TPSA) is 144 Å². The first-order valence-electron chi connectivity index (χ1n) is 13.7. The maximum atomic E-state index is 13.2. The minimum absolute atomic E-state index is 0.161. The van der Waals surface area contributed by atoms with Gasteiger partial charge in [0.15, 0.2) is 11.5 Å². The number of amides is 4. The van der Waals surface area contributed by atoms with E-state index >= 15 is 0 Å². The molecular weight excluding hydrogens is 516 g/mol. The Bertz CT molecular complexity index is 1230. The van der Waals surface area contributed by atoms with Crippen LogP contribution in [0.25, 0.3) is 11.4 Å². The molecule has 2 aromatic rings. The van der Waals surface area contributed by atoms with E-state index in [1.807, 2.05) is 42.8 Å². The van der Waals surface area contributed by atoms with Crippen molar-refractivity contribution >= 4 is 23.6 Å². The molecule has 3 heterocycles. The number of nitrogens with one attached hydrogen (secondary N) is 3. The summed E-state index contributed by atoms with van der Waals surface area (Å²) in [6.45, 7) is 5.01. The molecule has 1 saturated heterocycles. The number of hydrogen-bond acceptors (Lipinski definition) is 7. The van der Waals surface area contributed by atoms with Gasteiger partial charge >= 0.3 is 0 Å². The van der Waals surface area contributed by atoms with E-state index in [0.717, 1.165) is 11.4 Å². The van der Waals surface area contributed by atoms with Crippen molar-refractivity contribution in [2.45, 2.75) is 58.2 Å². The zero-order valence-corrected chi connectivity index (χ0v) is 23.3. The zero-order chi connectivity index (χ0) is 28.6. The van der Waals surface area contributed by atoms with Crippen molar-refractivity contribution in [2.75, 3.05) is 33.4 Å². The number of fused-ring (bicyclic) bond motifs is 4. The molecule has 216 valence electrons. The molecule has 12 nitrogen and oxygen atoms in total. The van der Waals surface area contributed by atoms with Crippen LogP contribution in [0.15, 0.2) is 30.6 Å². The largest absolute Gasteiger partial charge is 0.493 e. The molecule has 2 bridgehead atoms. The third-order valence-corrected chi connectivity index (χ3v) is 7.05. The van der Waals surface area contributed by atoms with Crippen molar-refractivity contribution in [3.05, 3.63) is 30.6 Å². The van der Waals surface area contributed by atoms with E-state index in [1.54, 1.807) is 13.3 Å². The van der Waals surface area contributed by atoms with Crippen LogP contribution < -0.4 is 25.4 Å². The quantitative estimate of drug-likeness (QED) is 0.515. The lowest BCUT2D eigenvalue weighted by Crippen LogP contribution is -2.54. The average molecular weight is 555 g/mol. The third kappa shape index (κ3) is 7.10. The number of rotatable bonds is 3. The average Bonchev–Trinajstić information content (AvgIpc) is 3.59. The number of hydrogen-bond donors (Lipinski definition) is 3. The van der Waals surface area contributed by atoms with Crippen LogP contribution in [0.2, 0.25) is 0 Å². The smallest absolute Gasteiger partial charge is 0.245 e. The van der Waals surface area contributed by atoms with E-state index in [1.165, 1.54) is 4.90 Å². The molecule has 0 saturated carbocycles. The Morgan fingerprint density at radius 1 is 1.12 bits per heavy atom. The van der Waals surface area contributed by atoms with Gasteiger partial charge in [0.05, 0.1) is 20.3 Å². The van der Waals surface area contributed by atoms with Crippen LogP contribution in [0.1, 0.15) is 39.5 Å². The van der Waals surface area contributed by atoms with E-state index in [0.29, 0.717) is 43.9 Å². The van der Waals surface area contributed by atoms with Crippen molar-refractivity contribution in [2.24, 2.45) is 5.92 Å². The second-order valence-electron chi connectivity index (χ2n) is 10.4. The van der Waals surface area contributed by atoms with Crippen LogP contribution in [0, 0.1) is 5.92 Å². The number of aromatic nitrogens is 2. The number of imidazole rings is 1. The molecular formula is C28H38N6O6. The molecule has 0 aliphatic carbocycles. The Hall–Kier alpha value is -4.09. The van der Waals surface area contributed by atoms with Crippen LogP contribution in [0.4, 0.5) is 0 Å². The molecule has 1 aromatic heterocycles. The fourth-order valence-corrected chi connectivity index (χ4v) is 4.90. The van der Waals surface area contributed by atoms with Gasteiger partial charge in [-0.3, -0.25) is 19.2 Å². The lowest BCUT2D eigenvalue weighted by molar-refractivity contribution is -0.139. The van der Waals surface area contributed by atoms with E-state index in [2.05, 4.69) is 20.9 Å². The Morgan fingerprint density at radius 3 is 2.67 bits per heavy atom. The molecule has 2 aliphatic rings. The summed E-state index contributed by atoms with van der Waals surface area (Å²) in [6, 6.07) is 4.17. The first-order valence-corrected chi connectivity index (χ1v) is 13.7. The summed E-state index contributed by atoms with van der Waals surface area (Å²) in [5.74, 6) is 0.473. The number of carbonyl (C=O) groups is 4. The molecule has 0 unspecified atom stereocenters. The summed E-state index contributed by atoms with van der Waals surface area (Å²) in [6.07, 6.45) is 5.35. The maximum Gasteiger partial charge on any atom is 0.245 e. The Balaban J connectivity index is 1.58. The minimum atomic E-state index is -0.751. The van der Waals surface area contributed by atoms with Gasteiger partial charge in [-0.05, 0) is 43.4 Å². The summed E-state index contributed by atoms with van der Waals surface area (Å²) in [7, 11) is 1.57. The standard InChI is InChI=1S/C28H38N6O6/c1-18(2)25-27(37)30-10-4-12-33-14-11-29-26(33)19-6-8-21(39-3)22(16-19)40-15-5-13-34(17-24(36)32-25)28(38)20-7-9-23(35)31-20/h6,8,11,14,16,18,20,25H,4-5,7,9-10,12-13,15,17H2,1-3H3,(H,30,37)(H,31,35)(H,32,36)/t20-,25-/m1/s1. The van der Waals surface area contributed by atoms with E-state index in [-0.39, 0.29) is 49.8 Å². The Morgan fingerprint density at radius 2 is 1.95 bits per heavy atom. The number of nitrogens with zero attached hydrogens (tertiary/aromatic N) is 3. The predicted octanol–water partition coefficient (Wildman–Crippen LogP) is 1.10. The summed E-state index contributed by atoms with van der Waals surface area (Å²) < 4.78 is 13.6. The van der Waals surface area contributed by atoms with Gasteiger partial charge < -0.3 is 34.9 Å². The first-order chi connectivity index (χ1) is 19.3. The van der Waals surface area contributed by atoms with Gasteiger partial charge in [-0.2, -0.15) is 0 Å². The summed E-state index contributed by atoms with van der Waals surface area (Å²) in [4.78, 5) is 56.9. The highest BCUT2D eigenvalue weighted by atomic mass is 16.5. The highest BCUT2D eigenvalue weighted by Gasteiger charge is 2.32. The highest BCUT2D eigenvalue weighted by Crippen LogP contribution is 2.32. The lowest BCUT2D eigenvalue weighted by atomic mass is 10.0. The number of carbonyl (C=O) groups excluding carboxylic acids is 4. The number of benzene rings is 1. The fraction of sp³-hybridized carbons (Fsp3) is 0.536. The minimum Gasteiger partial charge on any atom is -0.493 e. The monoisotopic (exact) mass is 554 g/mol. The molecule has 40 heavy (non-hydrogen) atoms. The molecule has 2 aliphatic heterocycles. The Labute approximate surface area is 233 Å². The summed E-state index contributed by atoms with van der Waals surface area (Å²) in [5, 5.41) is 8.41. The molecule has 1 aromatic carbocycles. The van der Waals surface area contributed by atoms with Gasteiger partial charge in [-0.25, -0.2) is 4.98 Å². The third-order valence-electron chi connectivity index (χ3n) is 7.05. The van der Waals surface area contributed by atoms with Gasteiger partial charge in [-0.15, -0.1) is 0 Å². The molecule has 2 atom stereocenters. The fourth-order valence-electron chi connectivity index (χ4n) is 4.90. The lowest BCUT2D eigenvalue weighted by Gasteiger charge is -2.27. The zero-order valence-electron chi connectivity index (χ0n) is 23.3. The number of methoxy groups -OCH3 is 1. The van der Waals surface area contributed by atoms with Crippen molar-refractivity contribution in [1.82, 2.24) is 30.4 Å². The van der Waals surface area contributed by atoms with Gasteiger partial charge in [0.2, 0.25) is 23.6 Å². The van der Waals surface area contributed by atoms with Crippen molar-refractivity contribution in [3.63, 3.8) is 0 Å². The van der Waals surface area contributed by atoms with Crippen molar-refractivity contribution < 1.29 is 28.7 Å². The molecule has 4 rings (SSSR count). The van der Waals surface area contributed by atoms with Crippen LogP contribution in [-0.2, 0) is 25.7 Å². The van der Waals surface area contributed by atoms with Crippen LogP contribution in [-0.4, -0.2) is 83.5 Å². The molecule has 4 amide bonds. The van der Waals surface area contributed by atoms with Crippen LogP contribution in [0.5, 0.6) is 11.5 Å². The second kappa shape index (κ2) is 13.3. The second-order valence-corrected chi connectivity index (χ2v) is 10.4. The van der Waals surface area contributed by atoms with Gasteiger partial charge in [0, 0.05) is 44.0 Å². The Kier molecular flexibility index (Phi) is 9.62. The molecule has 0 radical (unpaired) electrons. The molecule has 1 fully saturated rings. The number of aryl methyl sites for hydroxylation is 1. The SMILES string of the molecule is COc1ccc2cc1OCCCN(C(=O)[C@H]1CCC(=O)N1)CC(=O)N[C@H](C(C)C)C(=O)NCCCn1ccnc1-2. The van der Waals surface area contributed by atoms with Crippen LogP contribution >= 0.6 is 0 Å². The highest BCUT2D eigenvalue weighted by molar-refractivity contribution is 5.94. The summed E-state index contributed by atoms with van der Waals surface area (Å²) >= 11 is 0. The first kappa shape index (κ1) is 28.9. The van der Waals surface area contributed by atoms with E-state index < -0.39 is 18.0 Å². The molecule has 0 spiro atoms. The number of ether oxygens (including phenoxy) is 2. The summed E-state index contributed by atoms with van der Waals surface area (Å²) in [5.41, 5.74) is 0.853. The van der Waals surface area contributed by atoms with Gasteiger partial charge in [0.25, 0.3) is 0 Å². The molecule has 12 heteroatoms. The normalized spacial score (nSPS) is 21.2. The maximum absolute atomic E-state index is 13.2.